The van der Waals surface area contributed by atoms with Crippen molar-refractivity contribution in [2.75, 3.05) is 19.6 Å². The number of piperidine rings is 1. The van der Waals surface area contributed by atoms with Gasteiger partial charge in [-0.3, -0.25) is 14.4 Å². The molecule has 0 bridgehead atoms. The van der Waals surface area contributed by atoms with Gasteiger partial charge in [0.15, 0.2) is 11.2 Å². The zero-order valence-corrected chi connectivity index (χ0v) is 16.1. The van der Waals surface area contributed by atoms with Gasteiger partial charge in [-0.15, -0.1) is 0 Å². The van der Waals surface area contributed by atoms with Crippen molar-refractivity contribution in [1.29, 1.82) is 0 Å². The Labute approximate surface area is 166 Å². The average Bonchev–Trinajstić information content (AvgIpc) is 3.19. The summed E-state index contributed by atoms with van der Waals surface area (Å²) in [4.78, 5) is 45.4. The molecule has 3 aromatic rings. The SMILES string of the molecule is Cc1cc(=O)cc(C(=O)N2CCC(CNC(=O)c3ccc4nc[nH]c4c3)CC2)o1. The Morgan fingerprint density at radius 2 is 2.03 bits per heavy atom. The molecule has 2 aromatic heterocycles. The molecule has 0 atom stereocenters. The molecule has 1 saturated heterocycles. The minimum atomic E-state index is -0.263. The first-order valence-corrected chi connectivity index (χ1v) is 9.62. The number of amides is 2. The lowest BCUT2D eigenvalue weighted by molar-refractivity contribution is 0.0649. The summed E-state index contributed by atoms with van der Waals surface area (Å²) >= 11 is 0. The van der Waals surface area contributed by atoms with Gasteiger partial charge in [-0.1, -0.05) is 0 Å². The number of nitrogens with zero attached hydrogens (tertiary/aromatic N) is 2. The minimum absolute atomic E-state index is 0.0796. The predicted molar refractivity (Wildman–Crippen MR) is 107 cm³/mol. The fraction of sp³-hybridized carbons (Fsp3) is 0.333. The standard InChI is InChI=1S/C21H22N4O4/c1-13-8-16(26)10-19(29-13)21(28)25-6-4-14(5-7-25)11-22-20(27)15-2-3-17-18(9-15)24-12-23-17/h2-3,8-10,12,14H,4-7,11H2,1H3,(H,22,27)(H,23,24). The van der Waals surface area contributed by atoms with Crippen molar-refractivity contribution >= 4 is 22.8 Å². The highest BCUT2D eigenvalue weighted by Crippen LogP contribution is 2.19. The largest absolute Gasteiger partial charge is 0.456 e. The van der Waals surface area contributed by atoms with E-state index in [4.69, 9.17) is 4.42 Å². The van der Waals surface area contributed by atoms with Crippen molar-refractivity contribution in [2.24, 2.45) is 5.92 Å². The average molecular weight is 394 g/mol. The van der Waals surface area contributed by atoms with E-state index in [2.05, 4.69) is 15.3 Å². The van der Waals surface area contributed by atoms with E-state index in [0.29, 0.717) is 36.9 Å². The number of nitrogens with one attached hydrogen (secondary N) is 2. The van der Waals surface area contributed by atoms with Crippen LogP contribution in [0.3, 0.4) is 0 Å². The Bertz CT molecular complexity index is 1110. The van der Waals surface area contributed by atoms with Gasteiger partial charge < -0.3 is 19.6 Å². The molecule has 1 aromatic carbocycles. The Morgan fingerprint density at radius 1 is 1.24 bits per heavy atom. The lowest BCUT2D eigenvalue weighted by Gasteiger charge is -2.31. The second-order valence-corrected chi connectivity index (χ2v) is 7.35. The van der Waals surface area contributed by atoms with Crippen molar-refractivity contribution in [1.82, 2.24) is 20.2 Å². The smallest absolute Gasteiger partial charge is 0.289 e. The van der Waals surface area contributed by atoms with E-state index in [1.54, 1.807) is 30.3 Å². The molecule has 0 radical (unpaired) electrons. The Morgan fingerprint density at radius 3 is 2.79 bits per heavy atom. The van der Waals surface area contributed by atoms with Gasteiger partial charge >= 0.3 is 0 Å². The van der Waals surface area contributed by atoms with Crippen LogP contribution in [0.5, 0.6) is 0 Å². The Kier molecular flexibility index (Phi) is 5.16. The van der Waals surface area contributed by atoms with Crippen molar-refractivity contribution in [3.63, 3.8) is 0 Å². The number of imidazole rings is 1. The van der Waals surface area contributed by atoms with Crippen molar-refractivity contribution < 1.29 is 14.0 Å². The van der Waals surface area contributed by atoms with Gasteiger partial charge in [0.05, 0.1) is 17.4 Å². The summed E-state index contributed by atoms with van der Waals surface area (Å²) in [7, 11) is 0. The molecule has 0 spiro atoms. The summed E-state index contributed by atoms with van der Waals surface area (Å²) in [5, 5.41) is 2.98. The van der Waals surface area contributed by atoms with Gasteiger partial charge in [-0.25, -0.2) is 4.98 Å². The van der Waals surface area contributed by atoms with Crippen LogP contribution in [0, 0.1) is 12.8 Å². The van der Waals surface area contributed by atoms with Crippen molar-refractivity contribution in [3.8, 4) is 0 Å². The number of hydrogen-bond acceptors (Lipinski definition) is 5. The molecule has 2 amide bonds. The predicted octanol–water partition coefficient (Wildman–Crippen LogP) is 2.11. The zero-order valence-electron chi connectivity index (χ0n) is 16.1. The molecule has 1 aliphatic heterocycles. The maximum atomic E-state index is 12.6. The molecule has 29 heavy (non-hydrogen) atoms. The van der Waals surface area contributed by atoms with Crippen LogP contribution in [0.25, 0.3) is 11.0 Å². The number of H-pyrrole nitrogens is 1. The Balaban J connectivity index is 1.30. The molecule has 8 heteroatoms. The number of hydrogen-bond donors (Lipinski definition) is 2. The summed E-state index contributed by atoms with van der Waals surface area (Å²) < 4.78 is 5.40. The number of rotatable bonds is 4. The highest BCUT2D eigenvalue weighted by molar-refractivity contribution is 5.97. The summed E-state index contributed by atoms with van der Waals surface area (Å²) in [5.74, 6) is 0.411. The van der Waals surface area contributed by atoms with E-state index >= 15 is 0 Å². The third-order valence-electron chi connectivity index (χ3n) is 5.24. The third kappa shape index (κ3) is 4.21. The Hall–Kier alpha value is -3.42. The fourth-order valence-electron chi connectivity index (χ4n) is 3.62. The summed E-state index contributed by atoms with van der Waals surface area (Å²) in [6.07, 6.45) is 3.16. The van der Waals surface area contributed by atoms with Crippen molar-refractivity contribution in [3.05, 3.63) is 64.0 Å². The van der Waals surface area contributed by atoms with E-state index in [1.165, 1.54) is 12.1 Å². The van der Waals surface area contributed by atoms with E-state index in [-0.39, 0.29) is 23.0 Å². The molecular formula is C21H22N4O4. The van der Waals surface area contributed by atoms with E-state index in [9.17, 15) is 14.4 Å². The van der Waals surface area contributed by atoms with Crippen LogP contribution in [0.1, 0.15) is 39.5 Å². The third-order valence-corrected chi connectivity index (χ3v) is 5.24. The maximum absolute atomic E-state index is 12.6. The summed E-state index contributed by atoms with van der Waals surface area (Å²) in [6.45, 7) is 3.34. The molecule has 2 N–H and O–H groups in total. The monoisotopic (exact) mass is 394 g/mol. The molecule has 150 valence electrons. The summed E-state index contributed by atoms with van der Waals surface area (Å²) in [5.41, 5.74) is 2.00. The highest BCUT2D eigenvalue weighted by Gasteiger charge is 2.25. The fourth-order valence-corrected chi connectivity index (χ4v) is 3.62. The number of carbonyl (C=O) groups is 2. The van der Waals surface area contributed by atoms with E-state index < -0.39 is 0 Å². The van der Waals surface area contributed by atoms with Crippen LogP contribution in [-0.2, 0) is 0 Å². The zero-order chi connectivity index (χ0) is 20.4. The highest BCUT2D eigenvalue weighted by atomic mass is 16.3. The second kappa shape index (κ2) is 7.90. The number of aromatic amines is 1. The van der Waals surface area contributed by atoms with Crippen LogP contribution in [-0.4, -0.2) is 46.3 Å². The molecule has 0 unspecified atom stereocenters. The van der Waals surface area contributed by atoms with Gasteiger partial charge in [0.1, 0.15) is 5.76 Å². The van der Waals surface area contributed by atoms with Gasteiger partial charge in [-0.05, 0) is 43.9 Å². The first-order chi connectivity index (χ1) is 14.0. The van der Waals surface area contributed by atoms with Gasteiger partial charge in [0.25, 0.3) is 11.8 Å². The van der Waals surface area contributed by atoms with Crippen LogP contribution in [0.4, 0.5) is 0 Å². The summed E-state index contributed by atoms with van der Waals surface area (Å²) in [6, 6.07) is 7.95. The molecule has 1 aliphatic rings. The molecular weight excluding hydrogens is 372 g/mol. The normalized spacial score (nSPS) is 14.9. The lowest BCUT2D eigenvalue weighted by Crippen LogP contribution is -2.41. The van der Waals surface area contributed by atoms with Crippen molar-refractivity contribution in [2.45, 2.75) is 19.8 Å². The maximum Gasteiger partial charge on any atom is 0.289 e. The minimum Gasteiger partial charge on any atom is -0.456 e. The first kappa shape index (κ1) is 18.9. The lowest BCUT2D eigenvalue weighted by atomic mass is 9.96. The van der Waals surface area contributed by atoms with Crippen LogP contribution >= 0.6 is 0 Å². The molecule has 8 nitrogen and oxygen atoms in total. The number of likely N-dealkylation sites (tertiary alicyclic amines) is 1. The molecule has 0 saturated carbocycles. The molecule has 4 rings (SSSR count). The number of benzene rings is 1. The number of aryl methyl sites for hydroxylation is 1. The van der Waals surface area contributed by atoms with Crippen LogP contribution in [0.15, 0.2) is 45.9 Å². The van der Waals surface area contributed by atoms with Crippen LogP contribution < -0.4 is 10.7 Å². The second-order valence-electron chi connectivity index (χ2n) is 7.35. The van der Waals surface area contributed by atoms with Crippen LogP contribution in [0.2, 0.25) is 0 Å². The topological polar surface area (TPSA) is 108 Å². The first-order valence-electron chi connectivity index (χ1n) is 9.62. The molecule has 3 heterocycles. The molecule has 0 aliphatic carbocycles. The van der Waals surface area contributed by atoms with E-state index in [0.717, 1.165) is 23.9 Å². The molecule has 1 fully saturated rings. The number of carbonyl (C=O) groups excluding carboxylic acids is 2. The quantitative estimate of drug-likeness (QED) is 0.705. The van der Waals surface area contributed by atoms with Gasteiger partial charge in [0, 0.05) is 37.3 Å². The number of fused-ring (bicyclic) bond motifs is 1. The van der Waals surface area contributed by atoms with Gasteiger partial charge in [0.2, 0.25) is 0 Å². The van der Waals surface area contributed by atoms with E-state index in [1.807, 2.05) is 6.07 Å². The van der Waals surface area contributed by atoms with Gasteiger partial charge in [-0.2, -0.15) is 0 Å². The number of aromatic nitrogens is 2.